The molecule has 1 fully saturated rings. The molecule has 0 heterocycles. The lowest BCUT2D eigenvalue weighted by Crippen LogP contribution is -2.28. The van der Waals surface area contributed by atoms with Crippen LogP contribution < -0.4 is 5.32 Å². The highest BCUT2D eigenvalue weighted by molar-refractivity contribution is 4.72. The molecule has 2 unspecified atom stereocenters. The summed E-state index contributed by atoms with van der Waals surface area (Å²) < 4.78 is 11.2. The summed E-state index contributed by atoms with van der Waals surface area (Å²) in [5, 5.41) is 3.33. The first-order valence-corrected chi connectivity index (χ1v) is 7.26. The van der Waals surface area contributed by atoms with Crippen LogP contribution >= 0.6 is 0 Å². The van der Waals surface area contributed by atoms with E-state index in [1.54, 1.807) is 0 Å². The number of nitrogens with one attached hydrogen (secondary N) is 1. The van der Waals surface area contributed by atoms with Gasteiger partial charge in [0.05, 0.1) is 19.3 Å². The highest BCUT2D eigenvalue weighted by Crippen LogP contribution is 2.28. The van der Waals surface area contributed by atoms with Crippen molar-refractivity contribution in [2.24, 2.45) is 5.92 Å². The fourth-order valence-corrected chi connectivity index (χ4v) is 2.48. The van der Waals surface area contributed by atoms with E-state index in [2.05, 4.69) is 12.2 Å². The molecule has 0 bridgehead atoms. The lowest BCUT2D eigenvalue weighted by molar-refractivity contribution is 0.0137. The molecule has 1 saturated carbocycles. The molecule has 0 aromatic carbocycles. The van der Waals surface area contributed by atoms with Crippen molar-refractivity contribution in [1.82, 2.24) is 5.32 Å². The van der Waals surface area contributed by atoms with Gasteiger partial charge in [0.25, 0.3) is 0 Å². The highest BCUT2D eigenvalue weighted by atomic mass is 16.5. The normalized spacial score (nSPS) is 25.1. The Morgan fingerprint density at radius 3 is 2.71 bits per heavy atom. The van der Waals surface area contributed by atoms with Crippen molar-refractivity contribution in [3.63, 3.8) is 0 Å². The maximum Gasteiger partial charge on any atom is 0.0594 e. The lowest BCUT2D eigenvalue weighted by Gasteiger charge is -2.28. The molecule has 1 rings (SSSR count). The van der Waals surface area contributed by atoms with Gasteiger partial charge in [-0.25, -0.2) is 0 Å². The zero-order valence-corrected chi connectivity index (χ0v) is 11.5. The van der Waals surface area contributed by atoms with E-state index in [0.29, 0.717) is 6.10 Å². The van der Waals surface area contributed by atoms with Crippen LogP contribution in [0.3, 0.4) is 0 Å². The maximum absolute atomic E-state index is 5.92. The number of rotatable bonds is 9. The molecule has 0 spiro atoms. The predicted molar refractivity (Wildman–Crippen MR) is 71.4 cm³/mol. The van der Waals surface area contributed by atoms with Crippen LogP contribution in [0, 0.1) is 5.92 Å². The van der Waals surface area contributed by atoms with Gasteiger partial charge in [-0.05, 0) is 25.7 Å². The average Bonchev–Trinajstić information content (AvgIpc) is 2.38. The minimum absolute atomic E-state index is 0.516. The smallest absolute Gasteiger partial charge is 0.0594 e. The SMILES string of the molecule is CCOCCNCCOC1CCCC(CC)C1. The number of hydrogen-bond donors (Lipinski definition) is 1. The summed E-state index contributed by atoms with van der Waals surface area (Å²) in [6.45, 7) is 8.64. The van der Waals surface area contributed by atoms with Gasteiger partial charge in [-0.3, -0.25) is 0 Å². The van der Waals surface area contributed by atoms with E-state index in [9.17, 15) is 0 Å². The molecule has 0 saturated heterocycles. The zero-order valence-electron chi connectivity index (χ0n) is 11.5. The molecule has 1 N–H and O–H groups in total. The standard InChI is InChI=1S/C14H29NO2/c1-3-13-6-5-7-14(12-13)17-11-9-15-8-10-16-4-2/h13-15H,3-12H2,1-2H3. The quantitative estimate of drug-likeness (QED) is 0.631. The Bertz CT molecular complexity index is 176. The largest absolute Gasteiger partial charge is 0.380 e. The van der Waals surface area contributed by atoms with Gasteiger partial charge < -0.3 is 14.8 Å². The summed E-state index contributed by atoms with van der Waals surface area (Å²) >= 11 is 0. The molecule has 0 aliphatic heterocycles. The van der Waals surface area contributed by atoms with Crippen LogP contribution in [0.4, 0.5) is 0 Å². The summed E-state index contributed by atoms with van der Waals surface area (Å²) in [6, 6.07) is 0. The summed E-state index contributed by atoms with van der Waals surface area (Å²) in [5.41, 5.74) is 0. The third kappa shape index (κ3) is 7.02. The van der Waals surface area contributed by atoms with Gasteiger partial charge in [-0.1, -0.05) is 26.2 Å². The zero-order chi connectivity index (χ0) is 12.3. The first-order valence-electron chi connectivity index (χ1n) is 7.26. The Hall–Kier alpha value is -0.120. The van der Waals surface area contributed by atoms with E-state index in [0.717, 1.165) is 38.8 Å². The van der Waals surface area contributed by atoms with Crippen LogP contribution in [0.5, 0.6) is 0 Å². The van der Waals surface area contributed by atoms with E-state index in [1.165, 1.54) is 32.1 Å². The second-order valence-corrected chi connectivity index (χ2v) is 4.88. The molecule has 3 nitrogen and oxygen atoms in total. The lowest BCUT2D eigenvalue weighted by atomic mass is 9.85. The van der Waals surface area contributed by atoms with Crippen molar-refractivity contribution in [2.45, 2.75) is 52.1 Å². The summed E-state index contributed by atoms with van der Waals surface area (Å²) in [4.78, 5) is 0. The van der Waals surface area contributed by atoms with Crippen LogP contribution in [0.25, 0.3) is 0 Å². The minimum atomic E-state index is 0.516. The molecular formula is C14H29NO2. The van der Waals surface area contributed by atoms with Gasteiger partial charge in [0.15, 0.2) is 0 Å². The number of hydrogen-bond acceptors (Lipinski definition) is 3. The Morgan fingerprint density at radius 1 is 1.12 bits per heavy atom. The van der Waals surface area contributed by atoms with Crippen LogP contribution in [0.15, 0.2) is 0 Å². The van der Waals surface area contributed by atoms with Gasteiger partial charge in [0.1, 0.15) is 0 Å². The van der Waals surface area contributed by atoms with Crippen molar-refractivity contribution in [1.29, 1.82) is 0 Å². The molecule has 1 aliphatic rings. The molecule has 17 heavy (non-hydrogen) atoms. The molecule has 0 radical (unpaired) electrons. The molecule has 0 aromatic rings. The van der Waals surface area contributed by atoms with Crippen molar-refractivity contribution in [3.8, 4) is 0 Å². The van der Waals surface area contributed by atoms with Gasteiger partial charge in [0, 0.05) is 19.7 Å². The van der Waals surface area contributed by atoms with Crippen LogP contribution in [-0.2, 0) is 9.47 Å². The molecule has 0 amide bonds. The van der Waals surface area contributed by atoms with E-state index in [-0.39, 0.29) is 0 Å². The molecule has 1 aliphatic carbocycles. The Kier molecular flexibility index (Phi) is 8.67. The van der Waals surface area contributed by atoms with E-state index < -0.39 is 0 Å². The number of ether oxygens (including phenoxy) is 2. The Morgan fingerprint density at radius 2 is 1.94 bits per heavy atom. The predicted octanol–water partition coefficient (Wildman–Crippen LogP) is 2.60. The Labute approximate surface area is 106 Å². The maximum atomic E-state index is 5.92. The summed E-state index contributed by atoms with van der Waals surface area (Å²) in [6.07, 6.45) is 7.11. The van der Waals surface area contributed by atoms with E-state index in [1.807, 2.05) is 6.92 Å². The molecular weight excluding hydrogens is 214 g/mol. The molecule has 2 atom stereocenters. The van der Waals surface area contributed by atoms with Crippen LogP contribution in [0.1, 0.15) is 46.0 Å². The topological polar surface area (TPSA) is 30.5 Å². The van der Waals surface area contributed by atoms with Crippen molar-refractivity contribution < 1.29 is 9.47 Å². The third-order valence-corrected chi connectivity index (χ3v) is 3.57. The monoisotopic (exact) mass is 243 g/mol. The van der Waals surface area contributed by atoms with E-state index in [4.69, 9.17) is 9.47 Å². The second kappa shape index (κ2) is 9.86. The van der Waals surface area contributed by atoms with Gasteiger partial charge in [0.2, 0.25) is 0 Å². The van der Waals surface area contributed by atoms with Crippen molar-refractivity contribution in [3.05, 3.63) is 0 Å². The second-order valence-electron chi connectivity index (χ2n) is 4.88. The van der Waals surface area contributed by atoms with Gasteiger partial charge in [-0.15, -0.1) is 0 Å². The van der Waals surface area contributed by atoms with Crippen LogP contribution in [-0.4, -0.2) is 39.0 Å². The van der Waals surface area contributed by atoms with Crippen LogP contribution in [0.2, 0.25) is 0 Å². The van der Waals surface area contributed by atoms with Gasteiger partial charge in [-0.2, -0.15) is 0 Å². The fraction of sp³-hybridized carbons (Fsp3) is 1.00. The fourth-order valence-electron chi connectivity index (χ4n) is 2.48. The Balaban J connectivity index is 1.91. The summed E-state index contributed by atoms with van der Waals surface area (Å²) in [5.74, 6) is 0.902. The summed E-state index contributed by atoms with van der Waals surface area (Å²) in [7, 11) is 0. The first kappa shape index (κ1) is 14.9. The molecule has 3 heteroatoms. The highest BCUT2D eigenvalue weighted by Gasteiger charge is 2.20. The van der Waals surface area contributed by atoms with Crippen molar-refractivity contribution >= 4 is 0 Å². The molecule has 102 valence electrons. The first-order chi connectivity index (χ1) is 8.36. The molecule has 0 aromatic heterocycles. The van der Waals surface area contributed by atoms with E-state index >= 15 is 0 Å². The average molecular weight is 243 g/mol. The van der Waals surface area contributed by atoms with Crippen molar-refractivity contribution in [2.75, 3.05) is 32.9 Å². The van der Waals surface area contributed by atoms with Gasteiger partial charge >= 0.3 is 0 Å². The minimum Gasteiger partial charge on any atom is -0.380 e. The third-order valence-electron chi connectivity index (χ3n) is 3.57.